The average molecular weight is 527 g/mol. The average Bonchev–Trinajstić information content (AvgIpc) is 3.56. The van der Waals surface area contributed by atoms with Gasteiger partial charge in [0.25, 0.3) is 5.91 Å². The molecule has 4 aromatic rings. The van der Waals surface area contributed by atoms with Gasteiger partial charge >= 0.3 is 6.03 Å². The minimum atomic E-state index is -0.729. The predicted octanol–water partition coefficient (Wildman–Crippen LogP) is 4.54. The molecule has 0 radical (unpaired) electrons. The highest BCUT2D eigenvalue weighted by molar-refractivity contribution is 7.21. The van der Waals surface area contributed by atoms with Crippen LogP contribution in [0.25, 0.3) is 21.1 Å². The minimum absolute atomic E-state index is 0.0148. The second-order valence-electron chi connectivity index (χ2n) is 8.30. The molecule has 3 aromatic heterocycles. The van der Waals surface area contributed by atoms with Crippen LogP contribution < -0.4 is 10.1 Å². The van der Waals surface area contributed by atoms with E-state index < -0.39 is 18.0 Å². The number of aliphatic hydroxyl groups is 1. The molecule has 2 amide bonds. The second-order valence-corrected chi connectivity index (χ2v) is 9.73. The number of hydrogen-bond donors (Lipinski definition) is 2. The number of nitrogens with zero attached hydrogens (tertiary/aromatic N) is 3. The van der Waals surface area contributed by atoms with Gasteiger partial charge in [-0.1, -0.05) is 17.5 Å². The van der Waals surface area contributed by atoms with E-state index in [0.29, 0.717) is 39.5 Å². The van der Waals surface area contributed by atoms with E-state index in [4.69, 9.17) is 22.8 Å². The van der Waals surface area contributed by atoms with Crippen molar-refractivity contribution in [1.29, 1.82) is 0 Å². The zero-order chi connectivity index (χ0) is 25.6. The van der Waals surface area contributed by atoms with Crippen molar-refractivity contribution in [3.05, 3.63) is 51.9 Å². The van der Waals surface area contributed by atoms with Crippen LogP contribution in [0.3, 0.4) is 0 Å². The predicted molar refractivity (Wildman–Crippen MR) is 135 cm³/mol. The number of β-amino-alcohol motifs (C(OH)–C–C–N with tert-alkyl or cyclic N) is 1. The number of rotatable bonds is 4. The summed E-state index contributed by atoms with van der Waals surface area (Å²) < 4.78 is 23.4. The summed E-state index contributed by atoms with van der Waals surface area (Å²) in [6.45, 7) is 2.39. The smallest absolute Gasteiger partial charge is 0.327 e. The van der Waals surface area contributed by atoms with Gasteiger partial charge in [0, 0.05) is 31.0 Å². The fraction of sp³-hybridized carbons (Fsp3) is 0.240. The highest BCUT2D eigenvalue weighted by atomic mass is 35.5. The number of ether oxygens (including phenoxy) is 1. The van der Waals surface area contributed by atoms with E-state index in [9.17, 15) is 14.7 Å². The van der Waals surface area contributed by atoms with Gasteiger partial charge in [-0.2, -0.15) is 0 Å². The van der Waals surface area contributed by atoms with Crippen molar-refractivity contribution in [2.45, 2.75) is 19.4 Å². The minimum Gasteiger partial charge on any atom is -0.453 e. The molecule has 0 saturated carbocycles. The summed E-state index contributed by atoms with van der Waals surface area (Å²) in [6.07, 6.45) is 6.74. The van der Waals surface area contributed by atoms with Crippen LogP contribution in [0.4, 0.5) is 9.18 Å². The first-order valence-corrected chi connectivity index (χ1v) is 12.2. The third-order valence-electron chi connectivity index (χ3n) is 6.00. The van der Waals surface area contributed by atoms with E-state index in [2.05, 4.69) is 16.2 Å². The summed E-state index contributed by atoms with van der Waals surface area (Å²) in [7, 11) is 0. The molecule has 1 aromatic carbocycles. The van der Waals surface area contributed by atoms with Gasteiger partial charge in [-0.05, 0) is 31.5 Å². The summed E-state index contributed by atoms with van der Waals surface area (Å²) in [6, 6.07) is 5.68. The molecule has 1 aliphatic rings. The van der Waals surface area contributed by atoms with Gasteiger partial charge in [0.05, 0.1) is 43.7 Å². The van der Waals surface area contributed by atoms with Gasteiger partial charge < -0.3 is 20.1 Å². The Morgan fingerprint density at radius 3 is 2.92 bits per heavy atom. The van der Waals surface area contributed by atoms with Crippen molar-refractivity contribution in [3.63, 3.8) is 0 Å². The Morgan fingerprint density at radius 2 is 2.19 bits per heavy atom. The van der Waals surface area contributed by atoms with Gasteiger partial charge in [0.15, 0.2) is 11.6 Å². The molecule has 5 rings (SSSR count). The summed E-state index contributed by atoms with van der Waals surface area (Å²) in [5.41, 5.74) is 1.16. The van der Waals surface area contributed by atoms with Crippen molar-refractivity contribution < 1.29 is 23.8 Å². The van der Waals surface area contributed by atoms with Gasteiger partial charge in [-0.15, -0.1) is 17.8 Å². The quantitative estimate of drug-likeness (QED) is 0.381. The molecular formula is C25H20ClFN4O4S. The molecule has 1 unspecified atom stereocenters. The maximum atomic E-state index is 15.6. The molecule has 184 valence electrons. The number of aliphatic hydroxyl groups excluding tert-OH is 1. The molecule has 0 aliphatic carbocycles. The molecule has 4 heterocycles. The molecule has 1 fully saturated rings. The summed E-state index contributed by atoms with van der Waals surface area (Å²) in [4.78, 5) is 31.8. The Kier molecular flexibility index (Phi) is 6.30. The lowest BCUT2D eigenvalue weighted by atomic mass is 10.2. The summed E-state index contributed by atoms with van der Waals surface area (Å²) in [5.74, 6) is 1.62. The van der Waals surface area contributed by atoms with E-state index in [1.165, 1.54) is 28.2 Å². The van der Waals surface area contributed by atoms with Gasteiger partial charge in [0.2, 0.25) is 0 Å². The first-order chi connectivity index (χ1) is 17.3. The number of carbonyl (C=O) groups excluding carboxylic acids is 2. The Bertz CT molecular complexity index is 1570. The van der Waals surface area contributed by atoms with Crippen LogP contribution in [-0.4, -0.2) is 57.2 Å². The van der Waals surface area contributed by atoms with Gasteiger partial charge in [0.1, 0.15) is 5.75 Å². The summed E-state index contributed by atoms with van der Waals surface area (Å²) >= 11 is 7.59. The van der Waals surface area contributed by atoms with Crippen LogP contribution in [0, 0.1) is 25.1 Å². The molecule has 8 nitrogen and oxygen atoms in total. The number of nitrogens with one attached hydrogen (secondary N) is 1. The van der Waals surface area contributed by atoms with Crippen molar-refractivity contribution in [2.75, 3.05) is 19.6 Å². The van der Waals surface area contributed by atoms with Crippen molar-refractivity contribution in [2.24, 2.45) is 0 Å². The largest absolute Gasteiger partial charge is 0.453 e. The molecule has 0 spiro atoms. The maximum absolute atomic E-state index is 15.6. The number of hydrogen-bond acceptors (Lipinski definition) is 6. The normalized spacial score (nSPS) is 15.4. The first kappa shape index (κ1) is 24.1. The topological polar surface area (TPSA) is 96.7 Å². The zero-order valence-corrected chi connectivity index (χ0v) is 20.6. The number of thiophene rings is 1. The molecule has 2 N–H and O–H groups in total. The van der Waals surface area contributed by atoms with Crippen molar-refractivity contribution in [3.8, 4) is 23.8 Å². The third kappa shape index (κ3) is 4.05. The number of terminal acetylenes is 1. The maximum Gasteiger partial charge on any atom is 0.327 e. The third-order valence-corrected chi connectivity index (χ3v) is 7.59. The molecule has 0 bridgehead atoms. The number of halogens is 2. The Labute approximate surface area is 214 Å². The highest BCUT2D eigenvalue weighted by Crippen LogP contribution is 2.40. The first-order valence-electron chi connectivity index (χ1n) is 11.0. The molecule has 1 aliphatic heterocycles. The number of likely N-dealkylation sites (tertiary alicyclic amines) is 1. The molecular weight excluding hydrogens is 507 g/mol. The number of benzene rings is 1. The Morgan fingerprint density at radius 1 is 1.39 bits per heavy atom. The second kappa shape index (κ2) is 9.43. The van der Waals surface area contributed by atoms with E-state index in [1.807, 2.05) is 0 Å². The molecule has 1 atom stereocenters. The molecule has 1 saturated heterocycles. The van der Waals surface area contributed by atoms with E-state index >= 15 is 4.39 Å². The van der Waals surface area contributed by atoms with Crippen LogP contribution in [-0.2, 0) is 0 Å². The van der Waals surface area contributed by atoms with E-state index in [1.54, 1.807) is 30.0 Å². The molecule has 11 heteroatoms. The number of amides is 2. The Balaban J connectivity index is 1.50. The van der Waals surface area contributed by atoms with Crippen LogP contribution >= 0.6 is 22.9 Å². The highest BCUT2D eigenvalue weighted by Gasteiger charge is 2.27. The standard InChI is InChI=1S/C25H20ClFN4O4S/c1-3-8-29-25(34)31-13(2)21(26)20-16(31)4-5-17(22(20)27)35-18-6-9-28-15-11-19(36-23(15)18)24(33)30-10-7-14(32)12-30/h1,4-6,9,11,14,32H,7-8,10,12H2,2H3,(H,29,34). The number of pyridine rings is 1. The zero-order valence-electron chi connectivity index (χ0n) is 19.0. The lowest BCUT2D eigenvalue weighted by molar-refractivity contribution is 0.0769. The molecule has 36 heavy (non-hydrogen) atoms. The monoisotopic (exact) mass is 526 g/mol. The van der Waals surface area contributed by atoms with E-state index in [-0.39, 0.29) is 40.7 Å². The van der Waals surface area contributed by atoms with Crippen LogP contribution in [0.5, 0.6) is 11.5 Å². The Hall–Kier alpha value is -3.65. The number of fused-ring (bicyclic) bond motifs is 2. The van der Waals surface area contributed by atoms with Crippen LogP contribution in [0.1, 0.15) is 21.8 Å². The fourth-order valence-corrected chi connectivity index (χ4v) is 5.55. The number of carbonyl (C=O) groups is 2. The van der Waals surface area contributed by atoms with Crippen LogP contribution in [0.2, 0.25) is 5.02 Å². The lowest BCUT2D eigenvalue weighted by Crippen LogP contribution is -2.29. The SMILES string of the molecule is C#CCNC(=O)n1c(C)c(Cl)c2c(F)c(Oc3ccnc4cc(C(=O)N5CCC(O)C5)sc34)ccc21. The van der Waals surface area contributed by atoms with Gasteiger partial charge in [-0.25, -0.2) is 9.18 Å². The van der Waals surface area contributed by atoms with Crippen molar-refractivity contribution >= 4 is 56.0 Å². The lowest BCUT2D eigenvalue weighted by Gasteiger charge is -2.13. The van der Waals surface area contributed by atoms with E-state index in [0.717, 1.165) is 0 Å². The van der Waals surface area contributed by atoms with Gasteiger partial charge in [-0.3, -0.25) is 14.3 Å². The van der Waals surface area contributed by atoms with Crippen molar-refractivity contribution in [1.82, 2.24) is 19.8 Å². The van der Waals surface area contributed by atoms with Crippen LogP contribution in [0.15, 0.2) is 30.5 Å². The number of aromatic nitrogens is 2. The summed E-state index contributed by atoms with van der Waals surface area (Å²) in [5, 5.41) is 12.4. The fourth-order valence-electron chi connectivity index (χ4n) is 4.25.